The molecule has 2 atom stereocenters. The summed E-state index contributed by atoms with van der Waals surface area (Å²) < 4.78 is 0. The van der Waals surface area contributed by atoms with Crippen molar-refractivity contribution in [2.75, 3.05) is 19.7 Å². The third-order valence-electron chi connectivity index (χ3n) is 4.08. The second-order valence-electron chi connectivity index (χ2n) is 5.10. The molecule has 1 saturated carbocycles. The second-order valence-corrected chi connectivity index (χ2v) is 5.10. The van der Waals surface area contributed by atoms with Crippen LogP contribution in [0.25, 0.3) is 0 Å². The molecule has 0 bridgehead atoms. The fraction of sp³-hybridized carbons (Fsp3) is 0.909. The van der Waals surface area contributed by atoms with E-state index < -0.39 is 6.04 Å². The van der Waals surface area contributed by atoms with E-state index in [0.29, 0.717) is 6.54 Å². The number of nitrogens with two attached hydrogens (primary N) is 1. The van der Waals surface area contributed by atoms with E-state index in [1.165, 1.54) is 6.42 Å². The standard InChI is InChI=1S/C11H20N2O2/c1-8(12)10(15)13-5-9(6-14)11(7-13)3-2-4-11/h8-9,14H,2-7,12H2,1H3/t8-,9+/m0/s1. The fourth-order valence-corrected chi connectivity index (χ4v) is 2.94. The van der Waals surface area contributed by atoms with Crippen LogP contribution in [0.15, 0.2) is 0 Å². The van der Waals surface area contributed by atoms with E-state index >= 15 is 0 Å². The Hall–Kier alpha value is -0.610. The minimum Gasteiger partial charge on any atom is -0.396 e. The number of rotatable bonds is 2. The van der Waals surface area contributed by atoms with Crippen LogP contribution in [0, 0.1) is 11.3 Å². The van der Waals surface area contributed by atoms with Crippen LogP contribution in [0.4, 0.5) is 0 Å². The average Bonchev–Trinajstić information content (AvgIpc) is 2.55. The van der Waals surface area contributed by atoms with Gasteiger partial charge in [-0.3, -0.25) is 4.79 Å². The van der Waals surface area contributed by atoms with Gasteiger partial charge in [-0.25, -0.2) is 0 Å². The lowest BCUT2D eigenvalue weighted by Gasteiger charge is -2.42. The first-order valence-corrected chi connectivity index (χ1v) is 5.74. The maximum Gasteiger partial charge on any atom is 0.239 e. The Morgan fingerprint density at radius 3 is 2.67 bits per heavy atom. The molecule has 2 fully saturated rings. The van der Waals surface area contributed by atoms with E-state index in [0.717, 1.165) is 19.4 Å². The maximum atomic E-state index is 11.8. The molecular formula is C11H20N2O2. The van der Waals surface area contributed by atoms with Crippen molar-refractivity contribution in [3.8, 4) is 0 Å². The molecule has 4 heteroatoms. The fourth-order valence-electron chi connectivity index (χ4n) is 2.94. The molecule has 1 aliphatic heterocycles. The van der Waals surface area contributed by atoms with Gasteiger partial charge in [-0.05, 0) is 25.2 Å². The number of carbonyl (C=O) groups is 1. The Morgan fingerprint density at radius 1 is 1.67 bits per heavy atom. The zero-order chi connectivity index (χ0) is 11.1. The Bertz CT molecular complexity index is 261. The first-order chi connectivity index (χ1) is 7.09. The number of amides is 1. The zero-order valence-corrected chi connectivity index (χ0v) is 9.28. The number of hydrogen-bond acceptors (Lipinski definition) is 3. The number of hydrogen-bond donors (Lipinski definition) is 2. The first kappa shape index (κ1) is 10.9. The molecule has 2 rings (SSSR count). The summed E-state index contributed by atoms with van der Waals surface area (Å²) in [6, 6.07) is -0.417. The van der Waals surface area contributed by atoms with Crippen molar-refractivity contribution >= 4 is 5.91 Å². The van der Waals surface area contributed by atoms with Crippen LogP contribution in [-0.4, -0.2) is 41.7 Å². The molecule has 86 valence electrons. The third kappa shape index (κ3) is 1.66. The van der Waals surface area contributed by atoms with Crippen LogP contribution in [0.1, 0.15) is 26.2 Å². The van der Waals surface area contributed by atoms with Crippen LogP contribution in [-0.2, 0) is 4.79 Å². The second kappa shape index (κ2) is 3.76. The highest BCUT2D eigenvalue weighted by Gasteiger charge is 2.51. The number of aliphatic hydroxyl groups excluding tert-OH is 1. The quantitative estimate of drug-likeness (QED) is 0.674. The van der Waals surface area contributed by atoms with Crippen molar-refractivity contribution in [1.29, 1.82) is 0 Å². The van der Waals surface area contributed by atoms with Crippen LogP contribution >= 0.6 is 0 Å². The van der Waals surface area contributed by atoms with E-state index in [4.69, 9.17) is 5.73 Å². The van der Waals surface area contributed by atoms with Gasteiger partial charge in [0.1, 0.15) is 0 Å². The summed E-state index contributed by atoms with van der Waals surface area (Å²) >= 11 is 0. The van der Waals surface area contributed by atoms with Crippen LogP contribution < -0.4 is 5.73 Å². The molecule has 1 heterocycles. The molecule has 0 radical (unpaired) electrons. The van der Waals surface area contributed by atoms with Gasteiger partial charge >= 0.3 is 0 Å². The normalized spacial score (nSPS) is 30.3. The average molecular weight is 212 g/mol. The minimum absolute atomic E-state index is 0.0252. The van der Waals surface area contributed by atoms with Gasteiger partial charge < -0.3 is 15.7 Å². The minimum atomic E-state index is -0.417. The van der Waals surface area contributed by atoms with E-state index in [2.05, 4.69) is 0 Å². The first-order valence-electron chi connectivity index (χ1n) is 5.74. The molecule has 2 aliphatic rings. The molecule has 1 aliphatic carbocycles. The lowest BCUT2D eigenvalue weighted by atomic mass is 9.63. The lowest BCUT2D eigenvalue weighted by molar-refractivity contribution is -0.131. The Balaban J connectivity index is 2.05. The molecule has 1 saturated heterocycles. The predicted molar refractivity (Wildman–Crippen MR) is 57.1 cm³/mol. The molecule has 0 aromatic rings. The van der Waals surface area contributed by atoms with Gasteiger partial charge in [0.15, 0.2) is 0 Å². The monoisotopic (exact) mass is 212 g/mol. The lowest BCUT2D eigenvalue weighted by Crippen LogP contribution is -2.43. The van der Waals surface area contributed by atoms with Crippen LogP contribution in [0.5, 0.6) is 0 Å². The molecule has 1 amide bonds. The summed E-state index contributed by atoms with van der Waals surface area (Å²) in [6.07, 6.45) is 3.54. The molecule has 0 aromatic heterocycles. The largest absolute Gasteiger partial charge is 0.396 e. The van der Waals surface area contributed by atoms with Gasteiger partial charge in [-0.1, -0.05) is 6.42 Å². The smallest absolute Gasteiger partial charge is 0.239 e. The summed E-state index contributed by atoms with van der Waals surface area (Å²) in [5, 5.41) is 9.34. The van der Waals surface area contributed by atoms with Gasteiger partial charge in [0.05, 0.1) is 6.04 Å². The predicted octanol–water partition coefficient (Wildman–Crippen LogP) is -0.0454. The van der Waals surface area contributed by atoms with E-state index in [1.54, 1.807) is 6.92 Å². The summed E-state index contributed by atoms with van der Waals surface area (Å²) in [6.45, 7) is 3.42. The number of likely N-dealkylation sites (tertiary alicyclic amines) is 1. The van der Waals surface area contributed by atoms with Gasteiger partial charge in [0.25, 0.3) is 0 Å². The third-order valence-corrected chi connectivity index (χ3v) is 4.08. The molecule has 1 spiro atoms. The van der Waals surface area contributed by atoms with Crippen LogP contribution in [0.3, 0.4) is 0 Å². The Labute approximate surface area is 90.4 Å². The van der Waals surface area contributed by atoms with Crippen molar-refractivity contribution in [1.82, 2.24) is 4.90 Å². The number of carbonyl (C=O) groups excluding carboxylic acids is 1. The van der Waals surface area contributed by atoms with Crippen LogP contribution in [0.2, 0.25) is 0 Å². The van der Waals surface area contributed by atoms with Gasteiger partial charge in [-0.15, -0.1) is 0 Å². The number of nitrogens with zero attached hydrogens (tertiary/aromatic N) is 1. The highest BCUT2D eigenvalue weighted by Crippen LogP contribution is 2.51. The SMILES string of the molecule is C[C@H](N)C(=O)N1C[C@H](CO)C2(CCC2)C1. The molecule has 0 unspecified atom stereocenters. The van der Waals surface area contributed by atoms with E-state index in [9.17, 15) is 9.90 Å². The van der Waals surface area contributed by atoms with Gasteiger partial charge in [0.2, 0.25) is 5.91 Å². The molecule has 15 heavy (non-hydrogen) atoms. The highest BCUT2D eigenvalue weighted by molar-refractivity contribution is 5.81. The van der Waals surface area contributed by atoms with Crippen molar-refractivity contribution in [3.63, 3.8) is 0 Å². The van der Waals surface area contributed by atoms with Crippen molar-refractivity contribution < 1.29 is 9.90 Å². The van der Waals surface area contributed by atoms with Crippen molar-refractivity contribution in [2.24, 2.45) is 17.1 Å². The zero-order valence-electron chi connectivity index (χ0n) is 9.28. The Morgan fingerprint density at radius 2 is 2.33 bits per heavy atom. The van der Waals surface area contributed by atoms with Crippen molar-refractivity contribution in [3.05, 3.63) is 0 Å². The van der Waals surface area contributed by atoms with E-state index in [1.807, 2.05) is 4.90 Å². The summed E-state index contributed by atoms with van der Waals surface area (Å²) in [7, 11) is 0. The summed E-state index contributed by atoms with van der Waals surface area (Å²) in [5.74, 6) is 0.297. The van der Waals surface area contributed by atoms with Gasteiger partial charge in [-0.2, -0.15) is 0 Å². The van der Waals surface area contributed by atoms with Gasteiger partial charge in [0, 0.05) is 25.6 Å². The summed E-state index contributed by atoms with van der Waals surface area (Å²) in [5.41, 5.74) is 5.82. The number of aliphatic hydroxyl groups is 1. The van der Waals surface area contributed by atoms with Crippen molar-refractivity contribution in [2.45, 2.75) is 32.2 Å². The highest BCUT2D eigenvalue weighted by atomic mass is 16.3. The maximum absolute atomic E-state index is 11.8. The van der Waals surface area contributed by atoms with E-state index in [-0.39, 0.29) is 23.8 Å². The molecule has 0 aromatic carbocycles. The Kier molecular flexibility index (Phi) is 2.73. The summed E-state index contributed by atoms with van der Waals surface area (Å²) in [4.78, 5) is 13.6. The molecule has 3 N–H and O–H groups in total. The molecule has 4 nitrogen and oxygen atoms in total. The molecular weight excluding hydrogens is 192 g/mol. The topological polar surface area (TPSA) is 66.6 Å².